The number of hydrogen-bond acceptors (Lipinski definition) is 6. The van der Waals surface area contributed by atoms with Crippen LogP contribution in [0.1, 0.15) is 18.3 Å². The van der Waals surface area contributed by atoms with Crippen molar-refractivity contribution in [1.82, 2.24) is 30.0 Å². The Bertz CT molecular complexity index is 643. The van der Waals surface area contributed by atoms with Crippen LogP contribution in [-0.2, 0) is 6.54 Å². The maximum absolute atomic E-state index is 12.7. The number of nitro groups is 1. The summed E-state index contributed by atoms with van der Waals surface area (Å²) in [6.45, 7) is -0.883. The number of hydrogen-bond donors (Lipinski definition) is 0. The summed E-state index contributed by atoms with van der Waals surface area (Å²) in [7, 11) is 0. The topological polar surface area (TPSA) is 105 Å². The highest BCUT2D eigenvalue weighted by Crippen LogP contribution is 2.25. The molecule has 0 aliphatic rings. The van der Waals surface area contributed by atoms with Crippen LogP contribution in [0, 0.1) is 10.1 Å². The molecular formula is C9H9F4N7O2. The molecular weight excluding hydrogens is 314 g/mol. The van der Waals surface area contributed by atoms with Gasteiger partial charge < -0.3 is 0 Å². The Morgan fingerprint density at radius 3 is 2.55 bits per heavy atom. The molecule has 0 aliphatic carbocycles. The first kappa shape index (κ1) is 15.8. The first-order chi connectivity index (χ1) is 10.4. The molecule has 2 aromatic rings. The summed E-state index contributed by atoms with van der Waals surface area (Å²) in [6, 6.07) is -1.30. The van der Waals surface area contributed by atoms with Crippen LogP contribution in [-0.4, -0.2) is 47.8 Å². The molecule has 0 aliphatic heterocycles. The third-order valence-electron chi connectivity index (χ3n) is 2.69. The number of tetrazole rings is 1. The minimum absolute atomic E-state index is 0.279. The molecule has 120 valence electrons. The van der Waals surface area contributed by atoms with Crippen molar-refractivity contribution in [3.63, 3.8) is 0 Å². The molecule has 0 fully saturated rings. The van der Waals surface area contributed by atoms with Gasteiger partial charge in [0.05, 0.1) is 4.92 Å². The average Bonchev–Trinajstić information content (AvgIpc) is 3.03. The number of aromatic nitrogens is 6. The maximum atomic E-state index is 12.7. The van der Waals surface area contributed by atoms with Gasteiger partial charge in [-0.2, -0.15) is 5.10 Å². The van der Waals surface area contributed by atoms with Crippen LogP contribution < -0.4 is 0 Å². The second kappa shape index (κ2) is 6.44. The van der Waals surface area contributed by atoms with Crippen LogP contribution in [0.15, 0.2) is 12.4 Å². The predicted octanol–water partition coefficient (Wildman–Crippen LogP) is 1.29. The molecule has 1 atom stereocenters. The summed E-state index contributed by atoms with van der Waals surface area (Å²) in [6.07, 6.45) is -4.66. The van der Waals surface area contributed by atoms with Gasteiger partial charge in [-0.05, 0) is 10.4 Å². The van der Waals surface area contributed by atoms with Crippen molar-refractivity contribution in [2.45, 2.75) is 31.9 Å². The van der Waals surface area contributed by atoms with Crippen molar-refractivity contribution < 1.29 is 22.5 Å². The van der Waals surface area contributed by atoms with Crippen molar-refractivity contribution in [3.8, 4) is 0 Å². The Labute approximate surface area is 119 Å². The van der Waals surface area contributed by atoms with E-state index in [1.165, 1.54) is 0 Å². The van der Waals surface area contributed by atoms with Crippen LogP contribution in [0.3, 0.4) is 0 Å². The first-order valence-corrected chi connectivity index (χ1v) is 5.89. The summed E-state index contributed by atoms with van der Waals surface area (Å²) < 4.78 is 51.9. The molecule has 13 heteroatoms. The van der Waals surface area contributed by atoms with Crippen LogP contribution in [0.4, 0.5) is 23.2 Å². The zero-order chi connectivity index (χ0) is 16.3. The molecule has 9 nitrogen and oxygen atoms in total. The maximum Gasteiger partial charge on any atom is 0.307 e. The highest BCUT2D eigenvalue weighted by Gasteiger charge is 2.28. The van der Waals surface area contributed by atoms with Crippen molar-refractivity contribution >= 4 is 5.69 Å². The highest BCUT2D eigenvalue weighted by atomic mass is 19.3. The second-order valence-corrected chi connectivity index (χ2v) is 4.19. The van der Waals surface area contributed by atoms with Crippen molar-refractivity contribution in [2.24, 2.45) is 0 Å². The van der Waals surface area contributed by atoms with Crippen LogP contribution in [0.25, 0.3) is 0 Å². The SMILES string of the molecule is O=[N+]([O-])c1cnn(C(CC(F)F)c2nnnn2CC(F)F)c1. The van der Waals surface area contributed by atoms with Gasteiger partial charge in [0.1, 0.15) is 25.0 Å². The van der Waals surface area contributed by atoms with Crippen molar-refractivity contribution in [1.29, 1.82) is 0 Å². The van der Waals surface area contributed by atoms with Gasteiger partial charge in [0, 0.05) is 6.42 Å². The second-order valence-electron chi connectivity index (χ2n) is 4.19. The number of alkyl halides is 4. The van der Waals surface area contributed by atoms with E-state index in [2.05, 4.69) is 20.6 Å². The van der Waals surface area contributed by atoms with Crippen molar-refractivity contribution in [2.75, 3.05) is 0 Å². The van der Waals surface area contributed by atoms with E-state index in [1.54, 1.807) is 0 Å². The van der Waals surface area contributed by atoms with Gasteiger partial charge >= 0.3 is 5.69 Å². The molecule has 0 saturated heterocycles. The fourth-order valence-electron chi connectivity index (χ4n) is 1.80. The molecule has 0 radical (unpaired) electrons. The van der Waals surface area contributed by atoms with E-state index in [4.69, 9.17) is 0 Å². The van der Waals surface area contributed by atoms with Gasteiger partial charge in [-0.3, -0.25) is 14.8 Å². The predicted molar refractivity (Wildman–Crippen MR) is 61.5 cm³/mol. The van der Waals surface area contributed by atoms with Crippen LogP contribution in [0.5, 0.6) is 0 Å². The molecule has 2 aromatic heterocycles. The Hall–Kier alpha value is -2.60. The molecule has 0 amide bonds. The molecule has 0 spiro atoms. The largest absolute Gasteiger partial charge is 0.307 e. The van der Waals surface area contributed by atoms with E-state index >= 15 is 0 Å². The minimum Gasteiger partial charge on any atom is -0.258 e. The fraction of sp³-hybridized carbons (Fsp3) is 0.556. The monoisotopic (exact) mass is 323 g/mol. The quantitative estimate of drug-likeness (QED) is 0.432. The van der Waals surface area contributed by atoms with E-state index in [0.29, 0.717) is 4.68 Å². The van der Waals surface area contributed by atoms with Gasteiger partial charge in [-0.25, -0.2) is 22.2 Å². The molecule has 22 heavy (non-hydrogen) atoms. The van der Waals surface area contributed by atoms with E-state index in [1.807, 2.05) is 0 Å². The molecule has 0 saturated carbocycles. The number of nitrogens with zero attached hydrogens (tertiary/aromatic N) is 7. The molecule has 1 unspecified atom stereocenters. The Morgan fingerprint density at radius 2 is 2.00 bits per heavy atom. The van der Waals surface area contributed by atoms with Gasteiger partial charge in [0.15, 0.2) is 5.82 Å². The summed E-state index contributed by atoms with van der Waals surface area (Å²) in [5.74, 6) is -0.279. The third-order valence-corrected chi connectivity index (χ3v) is 2.69. The zero-order valence-electron chi connectivity index (χ0n) is 10.8. The summed E-state index contributed by atoms with van der Waals surface area (Å²) in [4.78, 5) is 9.86. The summed E-state index contributed by atoms with van der Waals surface area (Å²) in [5.41, 5.74) is -0.424. The number of rotatable bonds is 7. The number of halogens is 4. The van der Waals surface area contributed by atoms with Gasteiger partial charge in [-0.1, -0.05) is 0 Å². The van der Waals surface area contributed by atoms with E-state index < -0.39 is 42.5 Å². The molecule has 2 heterocycles. The lowest BCUT2D eigenvalue weighted by molar-refractivity contribution is -0.385. The highest BCUT2D eigenvalue weighted by molar-refractivity contribution is 5.21. The van der Waals surface area contributed by atoms with Crippen LogP contribution in [0.2, 0.25) is 0 Å². The standard InChI is InChI=1S/C9H9F4N7O2/c10-7(11)1-6(18-3-5(2-14-18)20(21)22)9-15-16-17-19(9)4-8(12)13/h2-3,6-8H,1,4H2. The average molecular weight is 323 g/mol. The summed E-state index contributed by atoms with van der Waals surface area (Å²) in [5, 5.41) is 24.2. The molecule has 0 aromatic carbocycles. The van der Waals surface area contributed by atoms with E-state index in [0.717, 1.165) is 17.1 Å². The van der Waals surface area contributed by atoms with E-state index in [9.17, 15) is 27.7 Å². The first-order valence-electron chi connectivity index (χ1n) is 5.89. The van der Waals surface area contributed by atoms with Gasteiger partial charge in [0.2, 0.25) is 6.43 Å². The zero-order valence-corrected chi connectivity index (χ0v) is 10.8. The Balaban J connectivity index is 2.37. The lowest BCUT2D eigenvalue weighted by Crippen LogP contribution is -2.22. The molecule has 2 rings (SSSR count). The Morgan fingerprint density at radius 1 is 1.27 bits per heavy atom. The molecule has 0 N–H and O–H groups in total. The van der Waals surface area contributed by atoms with Gasteiger partial charge in [-0.15, -0.1) is 5.10 Å². The smallest absolute Gasteiger partial charge is 0.258 e. The lowest BCUT2D eigenvalue weighted by atomic mass is 10.2. The lowest BCUT2D eigenvalue weighted by Gasteiger charge is -2.16. The third kappa shape index (κ3) is 3.53. The van der Waals surface area contributed by atoms with E-state index in [-0.39, 0.29) is 5.82 Å². The molecule has 0 bridgehead atoms. The van der Waals surface area contributed by atoms with Gasteiger partial charge in [0.25, 0.3) is 6.43 Å². The summed E-state index contributed by atoms with van der Waals surface area (Å²) >= 11 is 0. The fourth-order valence-corrected chi connectivity index (χ4v) is 1.80. The van der Waals surface area contributed by atoms with Crippen molar-refractivity contribution in [3.05, 3.63) is 28.3 Å². The normalized spacial score (nSPS) is 13.0. The minimum atomic E-state index is -2.81. The Kier molecular flexibility index (Phi) is 4.62. The van der Waals surface area contributed by atoms with Crippen LogP contribution >= 0.6 is 0 Å².